The van der Waals surface area contributed by atoms with Crippen molar-refractivity contribution in [3.63, 3.8) is 0 Å². The molecule has 1 spiro atoms. The molecule has 0 radical (unpaired) electrons. The predicted molar refractivity (Wildman–Crippen MR) is 87.7 cm³/mol. The second-order valence-corrected chi connectivity index (χ2v) is 6.75. The van der Waals surface area contributed by atoms with Crippen molar-refractivity contribution in [2.24, 2.45) is 5.41 Å². The van der Waals surface area contributed by atoms with Crippen LogP contribution in [0.1, 0.15) is 35.1 Å². The highest BCUT2D eigenvalue weighted by Gasteiger charge is 2.40. The number of halogens is 1. The Morgan fingerprint density at radius 2 is 1.85 bits per heavy atom. The Balaban J connectivity index is 0.00000147. The molecule has 0 aliphatic carbocycles. The summed E-state index contributed by atoms with van der Waals surface area (Å²) >= 11 is 0. The molecule has 2 saturated heterocycles. The summed E-state index contributed by atoms with van der Waals surface area (Å²) in [4.78, 5) is 2.66. The van der Waals surface area contributed by atoms with Gasteiger partial charge in [0.15, 0.2) is 0 Å². The Morgan fingerprint density at radius 3 is 2.55 bits per heavy atom. The summed E-state index contributed by atoms with van der Waals surface area (Å²) in [7, 11) is 0. The summed E-state index contributed by atoms with van der Waals surface area (Å²) in [5.41, 5.74) is 6.41. The Kier molecular flexibility index (Phi) is 4.78. The van der Waals surface area contributed by atoms with Crippen LogP contribution in [0, 0.1) is 26.2 Å². The van der Waals surface area contributed by atoms with Crippen LogP contribution in [-0.2, 0) is 6.54 Å². The van der Waals surface area contributed by atoms with Gasteiger partial charge in [-0.25, -0.2) is 0 Å². The lowest BCUT2D eigenvalue weighted by molar-refractivity contribution is 0.268. The van der Waals surface area contributed by atoms with Crippen molar-refractivity contribution in [2.45, 2.75) is 40.2 Å². The molecule has 0 bridgehead atoms. The van der Waals surface area contributed by atoms with Gasteiger partial charge >= 0.3 is 0 Å². The average Bonchev–Trinajstić information content (AvgIpc) is 2.98. The Labute approximate surface area is 129 Å². The number of nitrogens with zero attached hydrogens (tertiary/aromatic N) is 1. The van der Waals surface area contributed by atoms with Gasteiger partial charge in [-0.3, -0.25) is 4.90 Å². The van der Waals surface area contributed by atoms with Gasteiger partial charge in [-0.05, 0) is 74.4 Å². The smallest absolute Gasteiger partial charge is 0.0236 e. The standard InChI is InChI=1S/C17H26N2.ClH/c1-13-8-15(3)16(9-14(13)2)10-19-7-5-17(12-19)4-6-18-11-17;/h8-9,18H,4-7,10-12H2,1-3H3;1H. The molecule has 2 fully saturated rings. The maximum Gasteiger partial charge on any atom is 0.0236 e. The minimum Gasteiger partial charge on any atom is -0.316 e. The zero-order chi connectivity index (χ0) is 13.5. The number of likely N-dealkylation sites (tertiary alicyclic amines) is 1. The van der Waals surface area contributed by atoms with Gasteiger partial charge in [0.1, 0.15) is 0 Å². The van der Waals surface area contributed by atoms with Gasteiger partial charge in [0, 0.05) is 19.6 Å². The summed E-state index contributed by atoms with van der Waals surface area (Å²) in [6.07, 6.45) is 2.75. The predicted octanol–water partition coefficient (Wildman–Crippen LogP) is 3.22. The maximum absolute atomic E-state index is 3.54. The fourth-order valence-corrected chi connectivity index (χ4v) is 3.74. The van der Waals surface area contributed by atoms with Crippen LogP contribution in [0.3, 0.4) is 0 Å². The van der Waals surface area contributed by atoms with Gasteiger partial charge in [0.05, 0.1) is 0 Å². The number of hydrogen-bond acceptors (Lipinski definition) is 2. The van der Waals surface area contributed by atoms with Crippen LogP contribution in [-0.4, -0.2) is 31.1 Å². The van der Waals surface area contributed by atoms with Crippen molar-refractivity contribution in [3.8, 4) is 0 Å². The molecule has 0 amide bonds. The van der Waals surface area contributed by atoms with E-state index in [9.17, 15) is 0 Å². The van der Waals surface area contributed by atoms with Crippen molar-refractivity contribution in [3.05, 3.63) is 34.4 Å². The normalized spacial score (nSPS) is 26.1. The quantitative estimate of drug-likeness (QED) is 0.901. The van der Waals surface area contributed by atoms with Gasteiger partial charge in [-0.1, -0.05) is 12.1 Å². The van der Waals surface area contributed by atoms with Crippen LogP contribution in [0.5, 0.6) is 0 Å². The molecule has 2 nitrogen and oxygen atoms in total. The molecule has 1 atom stereocenters. The maximum atomic E-state index is 3.54. The highest BCUT2D eigenvalue weighted by atomic mass is 35.5. The summed E-state index contributed by atoms with van der Waals surface area (Å²) in [5.74, 6) is 0. The minimum absolute atomic E-state index is 0. The molecule has 3 heteroatoms. The first-order chi connectivity index (χ1) is 9.08. The van der Waals surface area contributed by atoms with E-state index in [2.05, 4.69) is 43.1 Å². The second kappa shape index (κ2) is 6.05. The zero-order valence-corrected chi connectivity index (χ0v) is 13.8. The highest BCUT2D eigenvalue weighted by Crippen LogP contribution is 2.36. The van der Waals surface area contributed by atoms with Gasteiger partial charge < -0.3 is 5.32 Å². The molecule has 0 saturated carbocycles. The fourth-order valence-electron chi connectivity index (χ4n) is 3.74. The van der Waals surface area contributed by atoms with E-state index >= 15 is 0 Å². The summed E-state index contributed by atoms with van der Waals surface area (Å²) in [6, 6.07) is 4.73. The van der Waals surface area contributed by atoms with Gasteiger partial charge in [0.2, 0.25) is 0 Å². The Bertz CT molecular complexity index is 478. The molecule has 20 heavy (non-hydrogen) atoms. The summed E-state index contributed by atoms with van der Waals surface area (Å²) in [6.45, 7) is 12.8. The van der Waals surface area contributed by atoms with E-state index in [4.69, 9.17) is 0 Å². The summed E-state index contributed by atoms with van der Waals surface area (Å²) < 4.78 is 0. The number of hydrogen-bond donors (Lipinski definition) is 1. The van der Waals surface area contributed by atoms with E-state index < -0.39 is 0 Å². The largest absolute Gasteiger partial charge is 0.316 e. The van der Waals surface area contributed by atoms with Crippen molar-refractivity contribution >= 4 is 12.4 Å². The molecule has 2 aliphatic rings. The van der Waals surface area contributed by atoms with Crippen LogP contribution < -0.4 is 5.32 Å². The first-order valence-electron chi connectivity index (χ1n) is 7.58. The van der Waals surface area contributed by atoms with E-state index in [1.54, 1.807) is 0 Å². The van der Waals surface area contributed by atoms with Gasteiger partial charge in [0.25, 0.3) is 0 Å². The first kappa shape index (κ1) is 15.8. The van der Waals surface area contributed by atoms with Crippen molar-refractivity contribution in [1.29, 1.82) is 0 Å². The van der Waals surface area contributed by atoms with Crippen LogP contribution in [0.4, 0.5) is 0 Å². The average molecular weight is 295 g/mol. The molecule has 1 unspecified atom stereocenters. The van der Waals surface area contributed by atoms with Crippen molar-refractivity contribution < 1.29 is 0 Å². The third-order valence-corrected chi connectivity index (χ3v) is 5.20. The van der Waals surface area contributed by atoms with E-state index in [0.717, 1.165) is 6.54 Å². The SMILES string of the molecule is Cc1cc(C)c(CN2CCC3(CCNC3)C2)cc1C.Cl. The topological polar surface area (TPSA) is 15.3 Å². The van der Waals surface area contributed by atoms with E-state index in [-0.39, 0.29) is 12.4 Å². The molecular formula is C17H27ClN2. The van der Waals surface area contributed by atoms with Crippen molar-refractivity contribution in [2.75, 3.05) is 26.2 Å². The number of nitrogens with one attached hydrogen (secondary N) is 1. The lowest BCUT2D eigenvalue weighted by Gasteiger charge is -2.23. The number of aryl methyl sites for hydroxylation is 3. The number of benzene rings is 1. The molecule has 0 aromatic heterocycles. The van der Waals surface area contributed by atoms with Crippen LogP contribution in [0.2, 0.25) is 0 Å². The second-order valence-electron chi connectivity index (χ2n) is 6.75. The van der Waals surface area contributed by atoms with Crippen LogP contribution in [0.25, 0.3) is 0 Å². The Hall–Kier alpha value is -0.570. The molecule has 1 aromatic carbocycles. The highest BCUT2D eigenvalue weighted by molar-refractivity contribution is 5.85. The fraction of sp³-hybridized carbons (Fsp3) is 0.647. The Morgan fingerprint density at radius 1 is 1.10 bits per heavy atom. The lowest BCUT2D eigenvalue weighted by Crippen LogP contribution is -2.29. The monoisotopic (exact) mass is 294 g/mol. The lowest BCUT2D eigenvalue weighted by atomic mass is 9.86. The first-order valence-corrected chi connectivity index (χ1v) is 7.58. The summed E-state index contributed by atoms with van der Waals surface area (Å²) in [5, 5.41) is 3.54. The molecule has 2 heterocycles. The third-order valence-electron chi connectivity index (χ3n) is 5.20. The molecule has 3 rings (SSSR count). The van der Waals surface area contributed by atoms with Crippen molar-refractivity contribution in [1.82, 2.24) is 10.2 Å². The van der Waals surface area contributed by atoms with E-state index in [1.165, 1.54) is 61.3 Å². The molecule has 1 N–H and O–H groups in total. The molecule has 112 valence electrons. The van der Waals surface area contributed by atoms with Gasteiger partial charge in [-0.2, -0.15) is 0 Å². The van der Waals surface area contributed by atoms with Crippen LogP contribution >= 0.6 is 12.4 Å². The minimum atomic E-state index is 0. The van der Waals surface area contributed by atoms with Gasteiger partial charge in [-0.15, -0.1) is 12.4 Å². The molecular weight excluding hydrogens is 268 g/mol. The number of rotatable bonds is 2. The van der Waals surface area contributed by atoms with Crippen LogP contribution in [0.15, 0.2) is 12.1 Å². The van der Waals surface area contributed by atoms with E-state index in [0.29, 0.717) is 5.41 Å². The molecule has 2 aliphatic heterocycles. The van der Waals surface area contributed by atoms with E-state index in [1.807, 2.05) is 0 Å². The zero-order valence-electron chi connectivity index (χ0n) is 13.0. The third kappa shape index (κ3) is 3.03. The molecule has 1 aromatic rings.